The lowest BCUT2D eigenvalue weighted by Crippen LogP contribution is -2.14. The first-order valence-electron chi connectivity index (χ1n) is 7.35. The van der Waals surface area contributed by atoms with Gasteiger partial charge in [-0.3, -0.25) is 14.2 Å². The lowest BCUT2D eigenvalue weighted by molar-refractivity contribution is -0.115. The van der Waals surface area contributed by atoms with Crippen LogP contribution < -0.4 is 10.2 Å². The molecule has 1 heterocycles. The first-order chi connectivity index (χ1) is 11.6. The van der Waals surface area contributed by atoms with Crippen molar-refractivity contribution in [3.63, 3.8) is 0 Å². The van der Waals surface area contributed by atoms with Crippen LogP contribution in [0.3, 0.4) is 0 Å². The maximum atomic E-state index is 12.9. The predicted octanol–water partition coefficient (Wildman–Crippen LogP) is 3.57. The van der Waals surface area contributed by atoms with Gasteiger partial charge in [0.25, 0.3) is 0 Å². The number of aromatic nitrogens is 1. The van der Waals surface area contributed by atoms with Crippen molar-refractivity contribution in [2.75, 3.05) is 5.32 Å². The maximum Gasteiger partial charge on any atom is 0.308 e. The lowest BCUT2D eigenvalue weighted by Gasteiger charge is -2.06. The van der Waals surface area contributed by atoms with Crippen LogP contribution in [0, 0.1) is 5.82 Å². The zero-order chi connectivity index (χ0) is 17.1. The number of allylic oxidation sites excluding steroid dienone is 1. The monoisotopic (exact) mass is 342 g/mol. The molecule has 1 N–H and O–H groups in total. The van der Waals surface area contributed by atoms with Gasteiger partial charge in [-0.05, 0) is 35.9 Å². The summed E-state index contributed by atoms with van der Waals surface area (Å²) in [5.41, 5.74) is 2.18. The van der Waals surface area contributed by atoms with Crippen LogP contribution in [-0.2, 0) is 17.8 Å². The Morgan fingerprint density at radius 1 is 1.25 bits per heavy atom. The summed E-state index contributed by atoms with van der Waals surface area (Å²) in [5.74, 6) is -0.526. The fraction of sp³-hybridized carbons (Fsp3) is 0.111. The largest absolute Gasteiger partial charge is 0.326 e. The number of anilines is 1. The average Bonchev–Trinajstić information content (AvgIpc) is 2.85. The van der Waals surface area contributed by atoms with E-state index in [4.69, 9.17) is 0 Å². The lowest BCUT2D eigenvalue weighted by atomic mass is 10.1. The number of amides is 1. The van der Waals surface area contributed by atoms with E-state index in [2.05, 4.69) is 11.9 Å². The number of rotatable bonds is 5. The van der Waals surface area contributed by atoms with Gasteiger partial charge in [0, 0.05) is 12.2 Å². The Hall–Kier alpha value is -2.73. The molecule has 0 radical (unpaired) electrons. The number of nitrogens with one attached hydrogen (secondary N) is 1. The van der Waals surface area contributed by atoms with Crippen LogP contribution in [0.4, 0.5) is 10.1 Å². The molecule has 4 nitrogen and oxygen atoms in total. The molecule has 0 aliphatic rings. The summed E-state index contributed by atoms with van der Waals surface area (Å²) >= 11 is 1.13. The maximum absolute atomic E-state index is 12.9. The highest BCUT2D eigenvalue weighted by Crippen LogP contribution is 2.22. The summed E-state index contributed by atoms with van der Waals surface area (Å²) in [6.07, 6.45) is 1.83. The van der Waals surface area contributed by atoms with E-state index in [1.807, 2.05) is 6.07 Å². The number of hydrogen-bond donors (Lipinski definition) is 1. The second kappa shape index (κ2) is 6.80. The molecular formula is C18H15FN2O2S. The van der Waals surface area contributed by atoms with Crippen molar-refractivity contribution >= 4 is 33.1 Å². The molecule has 0 saturated heterocycles. The summed E-state index contributed by atoms with van der Waals surface area (Å²) in [7, 11) is 0. The zero-order valence-electron chi connectivity index (χ0n) is 12.8. The van der Waals surface area contributed by atoms with Crippen molar-refractivity contribution in [3.8, 4) is 0 Å². The Bertz CT molecular complexity index is 957. The second-order valence-corrected chi connectivity index (χ2v) is 6.29. The van der Waals surface area contributed by atoms with Crippen molar-refractivity contribution in [1.82, 2.24) is 4.57 Å². The third kappa shape index (κ3) is 3.44. The van der Waals surface area contributed by atoms with Crippen molar-refractivity contribution in [3.05, 3.63) is 76.2 Å². The Balaban J connectivity index is 1.77. The van der Waals surface area contributed by atoms with E-state index < -0.39 is 0 Å². The average molecular weight is 342 g/mol. The van der Waals surface area contributed by atoms with Gasteiger partial charge in [-0.2, -0.15) is 0 Å². The van der Waals surface area contributed by atoms with E-state index in [0.29, 0.717) is 12.2 Å². The molecule has 0 saturated carbocycles. The molecule has 3 aromatic rings. The molecule has 1 amide bonds. The standard InChI is InChI=1S/C18H15FN2O2S/c1-2-9-21-15-8-7-14(11-16(15)24-18(21)23)20-17(22)10-12-3-5-13(19)6-4-12/h2-8,11H,1,9-10H2,(H,20,22). The van der Waals surface area contributed by atoms with Crippen LogP contribution in [-0.4, -0.2) is 10.5 Å². The van der Waals surface area contributed by atoms with Crippen LogP contribution in [0.25, 0.3) is 10.2 Å². The summed E-state index contributed by atoms with van der Waals surface area (Å²) in [5, 5.41) is 2.80. The number of thiazole rings is 1. The smallest absolute Gasteiger partial charge is 0.308 e. The minimum absolute atomic E-state index is 0.0558. The molecule has 122 valence electrons. The molecule has 0 bridgehead atoms. The molecule has 2 aromatic carbocycles. The molecule has 0 aliphatic carbocycles. The van der Waals surface area contributed by atoms with Gasteiger partial charge in [0.2, 0.25) is 5.91 Å². The van der Waals surface area contributed by atoms with E-state index in [1.165, 1.54) is 12.1 Å². The number of hydrogen-bond acceptors (Lipinski definition) is 3. The van der Waals surface area contributed by atoms with Crippen LogP contribution >= 0.6 is 11.3 Å². The Morgan fingerprint density at radius 2 is 2.00 bits per heavy atom. The molecule has 3 rings (SSSR count). The summed E-state index contributed by atoms with van der Waals surface area (Å²) < 4.78 is 15.3. The van der Waals surface area contributed by atoms with E-state index in [9.17, 15) is 14.0 Å². The number of carbonyl (C=O) groups is 1. The molecule has 0 aliphatic heterocycles. The number of halogens is 1. The van der Waals surface area contributed by atoms with Crippen LogP contribution in [0.1, 0.15) is 5.56 Å². The molecule has 6 heteroatoms. The fourth-order valence-electron chi connectivity index (χ4n) is 2.44. The quantitative estimate of drug-likeness (QED) is 0.721. The highest BCUT2D eigenvalue weighted by atomic mass is 32.1. The van der Waals surface area contributed by atoms with E-state index in [-0.39, 0.29) is 23.0 Å². The molecule has 0 fully saturated rings. The molecule has 0 atom stereocenters. The van der Waals surface area contributed by atoms with E-state index in [0.717, 1.165) is 27.1 Å². The van der Waals surface area contributed by atoms with Gasteiger partial charge in [-0.25, -0.2) is 4.39 Å². The fourth-order valence-corrected chi connectivity index (χ4v) is 3.38. The second-order valence-electron chi connectivity index (χ2n) is 5.30. The van der Waals surface area contributed by atoms with Gasteiger partial charge in [0.1, 0.15) is 5.82 Å². The van der Waals surface area contributed by atoms with E-state index >= 15 is 0 Å². The third-order valence-electron chi connectivity index (χ3n) is 3.54. The minimum Gasteiger partial charge on any atom is -0.326 e. The van der Waals surface area contributed by atoms with Crippen molar-refractivity contribution in [2.45, 2.75) is 13.0 Å². The van der Waals surface area contributed by atoms with Gasteiger partial charge in [-0.1, -0.05) is 29.5 Å². The Labute approximate surface area is 141 Å². The summed E-state index contributed by atoms with van der Waals surface area (Å²) in [4.78, 5) is 24.0. The van der Waals surface area contributed by atoms with Gasteiger partial charge >= 0.3 is 4.87 Å². The normalized spacial score (nSPS) is 10.7. The molecule has 0 unspecified atom stereocenters. The van der Waals surface area contributed by atoms with Crippen molar-refractivity contribution in [1.29, 1.82) is 0 Å². The van der Waals surface area contributed by atoms with Crippen LogP contribution in [0.5, 0.6) is 0 Å². The highest BCUT2D eigenvalue weighted by Gasteiger charge is 2.09. The van der Waals surface area contributed by atoms with Crippen molar-refractivity contribution in [2.24, 2.45) is 0 Å². The van der Waals surface area contributed by atoms with E-state index in [1.54, 1.807) is 34.9 Å². The summed E-state index contributed by atoms with van der Waals surface area (Å²) in [6, 6.07) is 11.2. The third-order valence-corrected chi connectivity index (χ3v) is 4.48. The molecular weight excluding hydrogens is 327 g/mol. The first-order valence-corrected chi connectivity index (χ1v) is 8.17. The summed E-state index contributed by atoms with van der Waals surface area (Å²) in [6.45, 7) is 4.10. The van der Waals surface area contributed by atoms with Gasteiger partial charge in [-0.15, -0.1) is 6.58 Å². The molecule has 0 spiro atoms. The Kier molecular flexibility index (Phi) is 4.57. The Morgan fingerprint density at radius 3 is 2.71 bits per heavy atom. The topological polar surface area (TPSA) is 51.1 Å². The van der Waals surface area contributed by atoms with Gasteiger partial charge in [0.15, 0.2) is 0 Å². The van der Waals surface area contributed by atoms with Crippen molar-refractivity contribution < 1.29 is 9.18 Å². The van der Waals surface area contributed by atoms with Crippen LogP contribution in [0.2, 0.25) is 0 Å². The number of nitrogens with zero attached hydrogens (tertiary/aromatic N) is 1. The van der Waals surface area contributed by atoms with Gasteiger partial charge in [0.05, 0.1) is 16.6 Å². The first kappa shape index (κ1) is 16.1. The molecule has 24 heavy (non-hydrogen) atoms. The minimum atomic E-state index is -0.330. The zero-order valence-corrected chi connectivity index (χ0v) is 13.6. The number of carbonyl (C=O) groups excluding carboxylic acids is 1. The SMILES string of the molecule is C=CCn1c(=O)sc2cc(NC(=O)Cc3ccc(F)cc3)ccc21. The van der Waals surface area contributed by atoms with Crippen LogP contribution in [0.15, 0.2) is 59.9 Å². The predicted molar refractivity (Wildman–Crippen MR) is 95.0 cm³/mol. The van der Waals surface area contributed by atoms with Gasteiger partial charge < -0.3 is 5.32 Å². The molecule has 1 aromatic heterocycles. The number of benzene rings is 2. The number of fused-ring (bicyclic) bond motifs is 1. The highest BCUT2D eigenvalue weighted by molar-refractivity contribution is 7.16.